The standard InChI is InChI=1S/C15H26N4.HI/c1-3-19(4-2)13-9-8-12-17-15(16)18-14-10-6-5-7-11-14;/h5-7,10-11H,3-4,8-9,12-13H2,1-2H3,(H3,16,17,18);1H. The second-order valence-electron chi connectivity index (χ2n) is 4.49. The number of hydrogen-bond acceptors (Lipinski definition) is 2. The van der Waals surface area contributed by atoms with Crippen molar-refractivity contribution in [2.75, 3.05) is 31.5 Å². The number of halogens is 1. The van der Waals surface area contributed by atoms with Crippen LogP contribution in [0.4, 0.5) is 5.69 Å². The first-order chi connectivity index (χ1) is 9.26. The van der Waals surface area contributed by atoms with Gasteiger partial charge in [0, 0.05) is 12.2 Å². The normalized spacial score (nSPS) is 11.2. The third-order valence-electron chi connectivity index (χ3n) is 3.11. The maximum atomic E-state index is 5.83. The van der Waals surface area contributed by atoms with Crippen molar-refractivity contribution in [1.82, 2.24) is 4.90 Å². The maximum Gasteiger partial charge on any atom is 0.193 e. The van der Waals surface area contributed by atoms with Crippen LogP contribution in [0, 0.1) is 0 Å². The van der Waals surface area contributed by atoms with E-state index in [0.29, 0.717) is 5.96 Å². The summed E-state index contributed by atoms with van der Waals surface area (Å²) in [6.45, 7) is 8.57. The molecular formula is C15H27IN4. The minimum absolute atomic E-state index is 0. The average Bonchev–Trinajstić information content (AvgIpc) is 2.44. The molecule has 1 rings (SSSR count). The lowest BCUT2D eigenvalue weighted by atomic mass is 10.3. The van der Waals surface area contributed by atoms with Crippen molar-refractivity contribution in [3.05, 3.63) is 30.3 Å². The van der Waals surface area contributed by atoms with Crippen LogP contribution >= 0.6 is 24.0 Å². The first-order valence-electron chi connectivity index (χ1n) is 7.10. The molecule has 5 heteroatoms. The highest BCUT2D eigenvalue weighted by Crippen LogP contribution is 2.04. The highest BCUT2D eigenvalue weighted by atomic mass is 127. The minimum atomic E-state index is 0. The molecule has 20 heavy (non-hydrogen) atoms. The highest BCUT2D eigenvalue weighted by molar-refractivity contribution is 14.0. The molecule has 3 N–H and O–H groups in total. The van der Waals surface area contributed by atoms with Crippen LogP contribution in [0.3, 0.4) is 0 Å². The van der Waals surface area contributed by atoms with E-state index in [1.54, 1.807) is 0 Å². The highest BCUT2D eigenvalue weighted by Gasteiger charge is 1.98. The van der Waals surface area contributed by atoms with E-state index in [1.165, 1.54) is 6.42 Å². The summed E-state index contributed by atoms with van der Waals surface area (Å²) in [5, 5.41) is 3.08. The molecule has 4 nitrogen and oxygen atoms in total. The first kappa shape index (κ1) is 19.2. The fraction of sp³-hybridized carbons (Fsp3) is 0.533. The average molecular weight is 390 g/mol. The number of nitrogens with zero attached hydrogens (tertiary/aromatic N) is 2. The minimum Gasteiger partial charge on any atom is -0.370 e. The zero-order valence-corrected chi connectivity index (χ0v) is 14.8. The number of guanidine groups is 1. The predicted molar refractivity (Wildman–Crippen MR) is 99.0 cm³/mol. The van der Waals surface area contributed by atoms with E-state index in [-0.39, 0.29) is 24.0 Å². The number of unbranched alkanes of at least 4 members (excludes halogenated alkanes) is 1. The summed E-state index contributed by atoms with van der Waals surface area (Å²) in [6.07, 6.45) is 2.25. The zero-order valence-electron chi connectivity index (χ0n) is 12.5. The van der Waals surface area contributed by atoms with E-state index < -0.39 is 0 Å². The number of hydrogen-bond donors (Lipinski definition) is 2. The molecule has 0 aliphatic heterocycles. The Morgan fingerprint density at radius 2 is 1.80 bits per heavy atom. The Morgan fingerprint density at radius 3 is 2.40 bits per heavy atom. The number of nitrogens with two attached hydrogens (primary N) is 1. The zero-order chi connectivity index (χ0) is 13.9. The van der Waals surface area contributed by atoms with Crippen LogP contribution in [0.25, 0.3) is 0 Å². The Kier molecular flexibility index (Phi) is 11.5. The van der Waals surface area contributed by atoms with Crippen LogP contribution in [0.5, 0.6) is 0 Å². The van der Waals surface area contributed by atoms with Gasteiger partial charge in [0.1, 0.15) is 0 Å². The summed E-state index contributed by atoms with van der Waals surface area (Å²) in [5.74, 6) is 0.494. The first-order valence-corrected chi connectivity index (χ1v) is 7.10. The van der Waals surface area contributed by atoms with Crippen LogP contribution in [-0.2, 0) is 0 Å². The molecule has 114 valence electrons. The van der Waals surface area contributed by atoms with Crippen LogP contribution in [0.1, 0.15) is 26.7 Å². The molecule has 0 amide bonds. The molecule has 0 saturated heterocycles. The summed E-state index contributed by atoms with van der Waals surface area (Å²) >= 11 is 0. The molecule has 0 atom stereocenters. The molecular weight excluding hydrogens is 363 g/mol. The van der Waals surface area contributed by atoms with Gasteiger partial charge in [-0.2, -0.15) is 0 Å². The summed E-state index contributed by atoms with van der Waals surface area (Å²) in [5.41, 5.74) is 6.81. The van der Waals surface area contributed by atoms with Gasteiger partial charge in [-0.1, -0.05) is 32.0 Å². The van der Waals surface area contributed by atoms with Crippen LogP contribution in [0.15, 0.2) is 35.3 Å². The van der Waals surface area contributed by atoms with Crippen molar-refractivity contribution >= 4 is 35.6 Å². The van der Waals surface area contributed by atoms with Crippen molar-refractivity contribution in [2.45, 2.75) is 26.7 Å². The summed E-state index contributed by atoms with van der Waals surface area (Å²) < 4.78 is 0. The fourth-order valence-corrected chi connectivity index (χ4v) is 1.90. The van der Waals surface area contributed by atoms with Gasteiger partial charge >= 0.3 is 0 Å². The largest absolute Gasteiger partial charge is 0.370 e. The van der Waals surface area contributed by atoms with Gasteiger partial charge in [-0.3, -0.25) is 4.99 Å². The van der Waals surface area contributed by atoms with Crippen LogP contribution < -0.4 is 11.1 Å². The van der Waals surface area contributed by atoms with Gasteiger partial charge in [0.25, 0.3) is 0 Å². The third-order valence-corrected chi connectivity index (χ3v) is 3.11. The second kappa shape index (κ2) is 12.0. The fourth-order valence-electron chi connectivity index (χ4n) is 1.90. The molecule has 0 fully saturated rings. The van der Waals surface area contributed by atoms with E-state index in [1.807, 2.05) is 30.3 Å². The molecule has 1 aromatic rings. The molecule has 0 saturated carbocycles. The van der Waals surface area contributed by atoms with Crippen molar-refractivity contribution in [3.63, 3.8) is 0 Å². The van der Waals surface area contributed by atoms with Crippen molar-refractivity contribution < 1.29 is 0 Å². The van der Waals surface area contributed by atoms with Gasteiger partial charge in [0.2, 0.25) is 0 Å². The maximum absolute atomic E-state index is 5.83. The molecule has 1 aromatic carbocycles. The Hall–Kier alpha value is -0.820. The third kappa shape index (κ3) is 8.37. The predicted octanol–water partition coefficient (Wildman–Crippen LogP) is 3.15. The SMILES string of the molecule is CCN(CC)CCCCN=C(N)Nc1ccccc1.I. The molecule has 0 aromatic heterocycles. The van der Waals surface area contributed by atoms with Gasteiger partial charge in [-0.25, -0.2) is 0 Å². The summed E-state index contributed by atoms with van der Waals surface area (Å²) in [4.78, 5) is 6.76. The van der Waals surface area contributed by atoms with Gasteiger partial charge in [-0.05, 0) is 44.6 Å². The molecule has 0 aliphatic carbocycles. The molecule has 0 heterocycles. The number of nitrogens with one attached hydrogen (secondary N) is 1. The van der Waals surface area contributed by atoms with E-state index in [0.717, 1.165) is 38.3 Å². The Bertz CT molecular complexity index is 363. The Labute approximate surface area is 139 Å². The van der Waals surface area contributed by atoms with E-state index in [9.17, 15) is 0 Å². The summed E-state index contributed by atoms with van der Waals surface area (Å²) in [7, 11) is 0. The lowest BCUT2D eigenvalue weighted by Crippen LogP contribution is -2.24. The van der Waals surface area contributed by atoms with Crippen molar-refractivity contribution in [3.8, 4) is 0 Å². The van der Waals surface area contributed by atoms with Crippen LogP contribution in [-0.4, -0.2) is 37.0 Å². The van der Waals surface area contributed by atoms with Gasteiger partial charge < -0.3 is 16.0 Å². The Morgan fingerprint density at radius 1 is 1.15 bits per heavy atom. The quantitative estimate of drug-likeness (QED) is 0.310. The van der Waals surface area contributed by atoms with E-state index in [2.05, 4.69) is 29.1 Å². The topological polar surface area (TPSA) is 53.6 Å². The van der Waals surface area contributed by atoms with Crippen LogP contribution in [0.2, 0.25) is 0 Å². The van der Waals surface area contributed by atoms with Gasteiger partial charge in [0.05, 0.1) is 0 Å². The molecule has 0 radical (unpaired) electrons. The number of rotatable bonds is 8. The molecule has 0 spiro atoms. The van der Waals surface area contributed by atoms with Gasteiger partial charge in [0.15, 0.2) is 5.96 Å². The summed E-state index contributed by atoms with van der Waals surface area (Å²) in [6, 6.07) is 9.87. The number of benzene rings is 1. The number of anilines is 1. The monoisotopic (exact) mass is 390 g/mol. The van der Waals surface area contributed by atoms with E-state index >= 15 is 0 Å². The number of para-hydroxylation sites is 1. The molecule has 0 aliphatic rings. The second-order valence-corrected chi connectivity index (χ2v) is 4.49. The lowest BCUT2D eigenvalue weighted by molar-refractivity contribution is 0.298. The lowest BCUT2D eigenvalue weighted by Gasteiger charge is -2.17. The molecule has 0 bridgehead atoms. The van der Waals surface area contributed by atoms with E-state index in [4.69, 9.17) is 5.73 Å². The van der Waals surface area contributed by atoms with Gasteiger partial charge in [-0.15, -0.1) is 24.0 Å². The van der Waals surface area contributed by atoms with Crippen molar-refractivity contribution in [2.24, 2.45) is 10.7 Å². The van der Waals surface area contributed by atoms with Crippen molar-refractivity contribution in [1.29, 1.82) is 0 Å². The smallest absolute Gasteiger partial charge is 0.193 e. The number of aliphatic imine (C=N–C) groups is 1. The molecule has 0 unspecified atom stereocenters. The Balaban J connectivity index is 0.00000361.